The van der Waals surface area contributed by atoms with E-state index in [1.54, 1.807) is 17.5 Å². The van der Waals surface area contributed by atoms with Crippen LogP contribution in [0.1, 0.15) is 5.56 Å². The Hall–Kier alpha value is -2.40. The van der Waals surface area contributed by atoms with Crippen molar-refractivity contribution in [2.24, 2.45) is 0 Å². The minimum Gasteiger partial charge on any atom is -0.398 e. The lowest BCUT2D eigenvalue weighted by Gasteiger charge is -2.05. The number of hydrogen-bond donors (Lipinski definition) is 2. The first-order valence-corrected chi connectivity index (χ1v) is 7.09. The van der Waals surface area contributed by atoms with Crippen molar-refractivity contribution < 1.29 is 0 Å². The van der Waals surface area contributed by atoms with Crippen molar-refractivity contribution >= 4 is 27.8 Å². The largest absolute Gasteiger partial charge is 0.398 e. The molecule has 4 nitrogen and oxygen atoms in total. The lowest BCUT2D eigenvalue weighted by atomic mass is 10.2. The Labute approximate surface area is 121 Å². The van der Waals surface area contributed by atoms with Crippen molar-refractivity contribution in [3.8, 4) is 11.3 Å². The standard InChI is InChI=1S/C15H14N4S/c1-10-4-5-12(7-13(10)16)18-15-19-14(9-20-15)11-3-2-6-17-8-11/h2-9H,16H2,1H3,(H,18,19). The van der Waals surface area contributed by atoms with Crippen LogP contribution in [-0.4, -0.2) is 9.97 Å². The summed E-state index contributed by atoms with van der Waals surface area (Å²) >= 11 is 1.56. The number of pyridine rings is 1. The van der Waals surface area contributed by atoms with Gasteiger partial charge < -0.3 is 11.1 Å². The van der Waals surface area contributed by atoms with Crippen molar-refractivity contribution in [2.45, 2.75) is 6.92 Å². The van der Waals surface area contributed by atoms with E-state index in [9.17, 15) is 0 Å². The molecule has 0 aliphatic heterocycles. The zero-order valence-corrected chi connectivity index (χ0v) is 11.8. The molecule has 0 radical (unpaired) electrons. The molecule has 1 aromatic carbocycles. The van der Waals surface area contributed by atoms with Crippen LogP contribution in [0, 0.1) is 6.92 Å². The highest BCUT2D eigenvalue weighted by molar-refractivity contribution is 7.14. The summed E-state index contributed by atoms with van der Waals surface area (Å²) in [4.78, 5) is 8.66. The Bertz CT molecular complexity index is 722. The van der Waals surface area contributed by atoms with E-state index in [4.69, 9.17) is 5.73 Å². The summed E-state index contributed by atoms with van der Waals surface area (Å²) in [6, 6.07) is 9.81. The Kier molecular flexibility index (Phi) is 3.35. The summed E-state index contributed by atoms with van der Waals surface area (Å²) in [7, 11) is 0. The van der Waals surface area contributed by atoms with Gasteiger partial charge in [-0.3, -0.25) is 4.98 Å². The molecule has 2 heterocycles. The second-order valence-electron chi connectivity index (χ2n) is 4.48. The quantitative estimate of drug-likeness (QED) is 0.716. The van der Waals surface area contributed by atoms with Gasteiger partial charge in [0.25, 0.3) is 0 Å². The molecular weight excluding hydrogens is 268 g/mol. The lowest BCUT2D eigenvalue weighted by molar-refractivity contribution is 1.30. The summed E-state index contributed by atoms with van der Waals surface area (Å²) < 4.78 is 0. The molecular formula is C15H14N4S. The van der Waals surface area contributed by atoms with Gasteiger partial charge in [-0.2, -0.15) is 0 Å². The van der Waals surface area contributed by atoms with Gasteiger partial charge in [0.2, 0.25) is 0 Å². The first-order valence-electron chi connectivity index (χ1n) is 6.21. The van der Waals surface area contributed by atoms with Crippen LogP contribution >= 0.6 is 11.3 Å². The first-order chi connectivity index (χ1) is 9.72. The van der Waals surface area contributed by atoms with Gasteiger partial charge in [-0.1, -0.05) is 6.07 Å². The van der Waals surface area contributed by atoms with E-state index in [1.807, 2.05) is 48.8 Å². The predicted molar refractivity (Wildman–Crippen MR) is 84.2 cm³/mol. The molecule has 0 saturated carbocycles. The van der Waals surface area contributed by atoms with Crippen molar-refractivity contribution in [3.05, 3.63) is 53.7 Å². The van der Waals surface area contributed by atoms with Crippen LogP contribution in [0.4, 0.5) is 16.5 Å². The van der Waals surface area contributed by atoms with Crippen LogP contribution in [0.25, 0.3) is 11.3 Å². The van der Waals surface area contributed by atoms with E-state index in [1.165, 1.54) is 0 Å². The third-order valence-corrected chi connectivity index (χ3v) is 3.75. The van der Waals surface area contributed by atoms with Gasteiger partial charge in [0.1, 0.15) is 0 Å². The molecule has 0 aliphatic carbocycles. The summed E-state index contributed by atoms with van der Waals surface area (Å²) in [6.07, 6.45) is 3.56. The minimum atomic E-state index is 0.777. The molecule has 0 atom stereocenters. The molecule has 0 spiro atoms. The van der Waals surface area contributed by atoms with Gasteiger partial charge in [-0.25, -0.2) is 4.98 Å². The van der Waals surface area contributed by atoms with Gasteiger partial charge in [0.15, 0.2) is 5.13 Å². The molecule has 3 aromatic rings. The molecule has 0 amide bonds. The molecule has 0 saturated heterocycles. The van der Waals surface area contributed by atoms with E-state index in [2.05, 4.69) is 15.3 Å². The Balaban J connectivity index is 1.82. The van der Waals surface area contributed by atoms with Gasteiger partial charge in [0.05, 0.1) is 5.69 Å². The second-order valence-corrected chi connectivity index (χ2v) is 5.33. The summed E-state index contributed by atoms with van der Waals surface area (Å²) in [6.45, 7) is 1.99. The first kappa shape index (κ1) is 12.6. The second kappa shape index (κ2) is 5.30. The van der Waals surface area contributed by atoms with Crippen LogP contribution in [0.2, 0.25) is 0 Å². The summed E-state index contributed by atoms with van der Waals surface area (Å²) in [5.74, 6) is 0. The molecule has 100 valence electrons. The number of rotatable bonds is 3. The van der Waals surface area contributed by atoms with Gasteiger partial charge in [-0.15, -0.1) is 11.3 Å². The van der Waals surface area contributed by atoms with Crippen LogP contribution < -0.4 is 11.1 Å². The van der Waals surface area contributed by atoms with Crippen LogP contribution in [0.15, 0.2) is 48.1 Å². The zero-order chi connectivity index (χ0) is 13.9. The molecule has 3 N–H and O–H groups in total. The molecule has 0 aliphatic rings. The maximum absolute atomic E-state index is 5.91. The van der Waals surface area contributed by atoms with Gasteiger partial charge in [-0.05, 0) is 36.8 Å². The van der Waals surface area contributed by atoms with Crippen molar-refractivity contribution in [1.82, 2.24) is 9.97 Å². The molecule has 5 heteroatoms. The van der Waals surface area contributed by atoms with Crippen molar-refractivity contribution in [3.63, 3.8) is 0 Å². The summed E-state index contributed by atoms with van der Waals surface area (Å²) in [5, 5.41) is 6.12. The topological polar surface area (TPSA) is 63.8 Å². The molecule has 0 unspecified atom stereocenters. The van der Waals surface area contributed by atoms with E-state index >= 15 is 0 Å². The van der Waals surface area contributed by atoms with Crippen LogP contribution in [0.5, 0.6) is 0 Å². The fourth-order valence-electron chi connectivity index (χ4n) is 1.82. The summed E-state index contributed by atoms with van der Waals surface area (Å²) in [5.41, 5.74) is 10.6. The Morgan fingerprint density at radius 2 is 2.15 bits per heavy atom. The third kappa shape index (κ3) is 2.62. The molecule has 0 bridgehead atoms. The van der Waals surface area contributed by atoms with E-state index in [0.29, 0.717) is 0 Å². The molecule has 2 aromatic heterocycles. The van der Waals surface area contributed by atoms with Gasteiger partial charge >= 0.3 is 0 Å². The maximum Gasteiger partial charge on any atom is 0.187 e. The van der Waals surface area contributed by atoms with Crippen LogP contribution in [-0.2, 0) is 0 Å². The number of thiazole rings is 1. The molecule has 3 rings (SSSR count). The number of nitrogens with one attached hydrogen (secondary N) is 1. The zero-order valence-electron chi connectivity index (χ0n) is 11.0. The van der Waals surface area contributed by atoms with Crippen LogP contribution in [0.3, 0.4) is 0 Å². The Morgan fingerprint density at radius 1 is 1.25 bits per heavy atom. The SMILES string of the molecule is Cc1ccc(Nc2nc(-c3cccnc3)cs2)cc1N. The highest BCUT2D eigenvalue weighted by Gasteiger charge is 2.05. The molecule has 20 heavy (non-hydrogen) atoms. The number of hydrogen-bond acceptors (Lipinski definition) is 5. The number of aryl methyl sites for hydroxylation is 1. The highest BCUT2D eigenvalue weighted by atomic mass is 32.1. The minimum absolute atomic E-state index is 0.777. The number of aromatic nitrogens is 2. The predicted octanol–water partition coefficient (Wildman–Crippen LogP) is 3.84. The number of nitrogen functional groups attached to an aromatic ring is 1. The number of anilines is 3. The third-order valence-electron chi connectivity index (χ3n) is 2.99. The Morgan fingerprint density at radius 3 is 2.90 bits per heavy atom. The number of benzene rings is 1. The maximum atomic E-state index is 5.91. The smallest absolute Gasteiger partial charge is 0.187 e. The van der Waals surface area contributed by atoms with E-state index in [0.717, 1.165) is 33.3 Å². The highest BCUT2D eigenvalue weighted by Crippen LogP contribution is 2.27. The normalized spacial score (nSPS) is 10.4. The average molecular weight is 282 g/mol. The van der Waals surface area contributed by atoms with Gasteiger partial charge in [0, 0.05) is 34.7 Å². The van der Waals surface area contributed by atoms with E-state index < -0.39 is 0 Å². The van der Waals surface area contributed by atoms with Crippen molar-refractivity contribution in [2.75, 3.05) is 11.1 Å². The monoisotopic (exact) mass is 282 g/mol. The number of nitrogens with zero attached hydrogens (tertiary/aromatic N) is 2. The average Bonchev–Trinajstić information content (AvgIpc) is 2.92. The molecule has 0 fully saturated rings. The fourth-order valence-corrected chi connectivity index (χ4v) is 2.56. The van der Waals surface area contributed by atoms with Crippen molar-refractivity contribution in [1.29, 1.82) is 0 Å². The van der Waals surface area contributed by atoms with E-state index in [-0.39, 0.29) is 0 Å². The fraction of sp³-hybridized carbons (Fsp3) is 0.0667. The lowest BCUT2D eigenvalue weighted by Crippen LogP contribution is -1.94. The number of nitrogens with two attached hydrogens (primary N) is 1.